The van der Waals surface area contributed by atoms with Crippen LogP contribution in [-0.2, 0) is 9.53 Å². The van der Waals surface area contributed by atoms with Crippen molar-refractivity contribution in [2.45, 2.75) is 52.6 Å². The van der Waals surface area contributed by atoms with Gasteiger partial charge in [0.25, 0.3) is 0 Å². The van der Waals surface area contributed by atoms with E-state index < -0.39 is 0 Å². The van der Waals surface area contributed by atoms with Crippen LogP contribution in [0.15, 0.2) is 0 Å². The fraction of sp³-hybridized carbons (Fsp3) is 0.889. The first-order valence-electron chi connectivity index (χ1n) is 4.40. The minimum atomic E-state index is -0.0544. The van der Waals surface area contributed by atoms with E-state index in [9.17, 15) is 4.79 Å². The Morgan fingerprint density at radius 3 is 2.55 bits per heavy atom. The second-order valence-electron chi connectivity index (χ2n) is 2.81. The lowest BCUT2D eigenvalue weighted by Crippen LogP contribution is -2.13. The van der Waals surface area contributed by atoms with Crippen LogP contribution in [0.2, 0.25) is 0 Å². The molecule has 0 rings (SSSR count). The van der Waals surface area contributed by atoms with Gasteiger partial charge in [-0.25, -0.2) is 0 Å². The number of ether oxygens (including phenoxy) is 1. The van der Waals surface area contributed by atoms with Gasteiger partial charge in [0, 0.05) is 6.42 Å². The average molecular weight is 158 g/mol. The molecule has 0 aliphatic heterocycles. The lowest BCUT2D eigenvalue weighted by atomic mass is 10.2. The van der Waals surface area contributed by atoms with E-state index in [4.69, 9.17) is 4.74 Å². The van der Waals surface area contributed by atoms with Crippen molar-refractivity contribution in [1.29, 1.82) is 0 Å². The average Bonchev–Trinajstić information content (AvgIpc) is 2.00. The molecule has 1 atom stereocenters. The summed E-state index contributed by atoms with van der Waals surface area (Å²) in [7, 11) is 0. The first kappa shape index (κ1) is 10.5. The maximum Gasteiger partial charge on any atom is 0.306 e. The maximum atomic E-state index is 10.9. The molecule has 2 nitrogen and oxygen atoms in total. The third-order valence-electron chi connectivity index (χ3n) is 1.64. The monoisotopic (exact) mass is 158 g/mol. The minimum Gasteiger partial charge on any atom is -0.463 e. The highest BCUT2D eigenvalue weighted by molar-refractivity contribution is 5.69. The summed E-state index contributed by atoms with van der Waals surface area (Å²) in [6, 6.07) is 0. The Kier molecular flexibility index (Phi) is 5.90. The van der Waals surface area contributed by atoms with Gasteiger partial charge in [-0.3, -0.25) is 4.79 Å². The largest absolute Gasteiger partial charge is 0.463 e. The summed E-state index contributed by atoms with van der Waals surface area (Å²) in [6.45, 7) is 6.00. The second kappa shape index (κ2) is 6.20. The molecule has 0 N–H and O–H groups in total. The molecule has 66 valence electrons. The van der Waals surface area contributed by atoms with E-state index in [1.807, 2.05) is 13.8 Å². The van der Waals surface area contributed by atoms with Gasteiger partial charge in [-0.05, 0) is 19.8 Å². The van der Waals surface area contributed by atoms with Crippen molar-refractivity contribution in [3.8, 4) is 0 Å². The van der Waals surface area contributed by atoms with Crippen molar-refractivity contribution in [3.05, 3.63) is 0 Å². The number of rotatable bonds is 5. The molecule has 0 bridgehead atoms. The Balaban J connectivity index is 3.36. The van der Waals surface area contributed by atoms with Crippen LogP contribution in [0.1, 0.15) is 46.5 Å². The predicted molar refractivity (Wildman–Crippen MR) is 45.4 cm³/mol. The molecule has 0 spiro atoms. The number of carbonyl (C=O) groups excluding carboxylic acids is 1. The van der Waals surface area contributed by atoms with Gasteiger partial charge in [0.05, 0.1) is 6.10 Å². The SMILES string of the molecule is CCCCC(=O)O[C@@H](C)CC. The molecule has 0 aromatic rings. The minimum absolute atomic E-state index is 0.0544. The molecule has 11 heavy (non-hydrogen) atoms. The Morgan fingerprint density at radius 1 is 1.45 bits per heavy atom. The van der Waals surface area contributed by atoms with Crippen molar-refractivity contribution < 1.29 is 9.53 Å². The van der Waals surface area contributed by atoms with Crippen molar-refractivity contribution in [1.82, 2.24) is 0 Å². The first-order valence-corrected chi connectivity index (χ1v) is 4.40. The van der Waals surface area contributed by atoms with Gasteiger partial charge in [-0.15, -0.1) is 0 Å². The number of esters is 1. The van der Waals surface area contributed by atoms with Gasteiger partial charge >= 0.3 is 5.97 Å². The molecule has 0 aliphatic rings. The standard InChI is InChI=1S/C9H18O2/c1-4-6-7-9(10)11-8(3)5-2/h8H,4-7H2,1-3H3/t8-/m0/s1. The molecular formula is C9H18O2. The van der Waals surface area contributed by atoms with Crippen LogP contribution < -0.4 is 0 Å². The van der Waals surface area contributed by atoms with Gasteiger partial charge in [0.2, 0.25) is 0 Å². The summed E-state index contributed by atoms with van der Waals surface area (Å²) in [4.78, 5) is 10.9. The van der Waals surface area contributed by atoms with Gasteiger partial charge in [-0.1, -0.05) is 20.3 Å². The normalized spacial score (nSPS) is 12.6. The van der Waals surface area contributed by atoms with Crippen molar-refractivity contribution in [2.24, 2.45) is 0 Å². The maximum absolute atomic E-state index is 10.9. The van der Waals surface area contributed by atoms with Gasteiger partial charge in [0.15, 0.2) is 0 Å². The number of hydrogen-bond acceptors (Lipinski definition) is 2. The molecule has 0 heterocycles. The Morgan fingerprint density at radius 2 is 2.09 bits per heavy atom. The molecule has 0 aromatic heterocycles. The lowest BCUT2D eigenvalue weighted by Gasteiger charge is -2.09. The van der Waals surface area contributed by atoms with Crippen LogP contribution in [0, 0.1) is 0 Å². The zero-order valence-corrected chi connectivity index (χ0v) is 7.72. The van der Waals surface area contributed by atoms with E-state index in [2.05, 4.69) is 6.92 Å². The zero-order chi connectivity index (χ0) is 8.69. The Labute approximate surface area is 68.9 Å². The van der Waals surface area contributed by atoms with E-state index >= 15 is 0 Å². The van der Waals surface area contributed by atoms with E-state index in [1.165, 1.54) is 0 Å². The summed E-state index contributed by atoms with van der Waals surface area (Å²) in [5.41, 5.74) is 0. The fourth-order valence-electron chi connectivity index (χ4n) is 0.688. The lowest BCUT2D eigenvalue weighted by molar-refractivity contribution is -0.148. The van der Waals surface area contributed by atoms with Gasteiger partial charge < -0.3 is 4.74 Å². The third-order valence-corrected chi connectivity index (χ3v) is 1.64. The van der Waals surface area contributed by atoms with Crippen molar-refractivity contribution in [3.63, 3.8) is 0 Å². The van der Waals surface area contributed by atoms with Gasteiger partial charge in [0.1, 0.15) is 0 Å². The van der Waals surface area contributed by atoms with Crippen LogP contribution >= 0.6 is 0 Å². The van der Waals surface area contributed by atoms with Crippen molar-refractivity contribution in [2.75, 3.05) is 0 Å². The van der Waals surface area contributed by atoms with E-state index in [0.717, 1.165) is 19.3 Å². The van der Waals surface area contributed by atoms with Crippen LogP contribution in [-0.4, -0.2) is 12.1 Å². The van der Waals surface area contributed by atoms with Crippen LogP contribution in [0.25, 0.3) is 0 Å². The number of unbranched alkanes of at least 4 members (excludes halogenated alkanes) is 1. The smallest absolute Gasteiger partial charge is 0.306 e. The summed E-state index contributed by atoms with van der Waals surface area (Å²) < 4.78 is 5.06. The van der Waals surface area contributed by atoms with E-state index in [1.54, 1.807) is 0 Å². The topological polar surface area (TPSA) is 26.3 Å². The second-order valence-corrected chi connectivity index (χ2v) is 2.81. The summed E-state index contributed by atoms with van der Waals surface area (Å²) in [5.74, 6) is -0.0544. The molecule has 0 aliphatic carbocycles. The van der Waals surface area contributed by atoms with Crippen LogP contribution in [0.3, 0.4) is 0 Å². The molecule has 0 unspecified atom stereocenters. The zero-order valence-electron chi connectivity index (χ0n) is 7.72. The van der Waals surface area contributed by atoms with E-state index in [0.29, 0.717) is 6.42 Å². The van der Waals surface area contributed by atoms with Crippen LogP contribution in [0.5, 0.6) is 0 Å². The molecule has 0 saturated heterocycles. The summed E-state index contributed by atoms with van der Waals surface area (Å²) in [6.07, 6.45) is 3.54. The van der Waals surface area contributed by atoms with E-state index in [-0.39, 0.29) is 12.1 Å². The summed E-state index contributed by atoms with van der Waals surface area (Å²) in [5, 5.41) is 0. The fourth-order valence-corrected chi connectivity index (χ4v) is 0.688. The van der Waals surface area contributed by atoms with Gasteiger partial charge in [-0.2, -0.15) is 0 Å². The third kappa shape index (κ3) is 5.89. The Hall–Kier alpha value is -0.530. The Bertz CT molecular complexity index is 110. The highest BCUT2D eigenvalue weighted by Gasteiger charge is 2.05. The number of hydrogen-bond donors (Lipinski definition) is 0. The molecule has 0 fully saturated rings. The molecular weight excluding hydrogens is 140 g/mol. The molecule has 0 aromatic carbocycles. The van der Waals surface area contributed by atoms with Crippen LogP contribution in [0.4, 0.5) is 0 Å². The first-order chi connectivity index (χ1) is 5.20. The number of carbonyl (C=O) groups is 1. The highest BCUT2D eigenvalue weighted by atomic mass is 16.5. The molecule has 0 radical (unpaired) electrons. The quantitative estimate of drug-likeness (QED) is 0.575. The molecule has 0 saturated carbocycles. The predicted octanol–water partition coefficient (Wildman–Crippen LogP) is 2.52. The van der Waals surface area contributed by atoms with Crippen molar-refractivity contribution >= 4 is 5.97 Å². The summed E-state index contributed by atoms with van der Waals surface area (Å²) >= 11 is 0. The molecule has 0 amide bonds. The highest BCUT2D eigenvalue weighted by Crippen LogP contribution is 2.01. The molecule has 2 heteroatoms.